The molecular formula is C18H29NO2. The Morgan fingerprint density at radius 1 is 1.24 bits per heavy atom. The van der Waals surface area contributed by atoms with Crippen molar-refractivity contribution in [3.63, 3.8) is 0 Å². The summed E-state index contributed by atoms with van der Waals surface area (Å²) in [6, 6.07) is 4.72. The first kappa shape index (κ1) is 16.3. The first-order valence-corrected chi connectivity index (χ1v) is 8.26. The third-order valence-corrected chi connectivity index (χ3v) is 4.24. The number of ether oxygens (including phenoxy) is 1. The molecule has 1 fully saturated rings. The van der Waals surface area contributed by atoms with Crippen LogP contribution in [-0.2, 0) is 0 Å². The Labute approximate surface area is 128 Å². The van der Waals surface area contributed by atoms with E-state index in [2.05, 4.69) is 37.8 Å². The Kier molecular flexibility index (Phi) is 6.07. The van der Waals surface area contributed by atoms with E-state index in [1.165, 1.54) is 29.5 Å². The fourth-order valence-electron chi connectivity index (χ4n) is 3.35. The minimum absolute atomic E-state index is 0.224. The van der Waals surface area contributed by atoms with Gasteiger partial charge in [0, 0.05) is 18.2 Å². The maximum absolute atomic E-state index is 9.50. The number of benzene rings is 1. The molecule has 1 atom stereocenters. The third kappa shape index (κ3) is 3.98. The summed E-state index contributed by atoms with van der Waals surface area (Å²) in [6.45, 7) is 9.64. The van der Waals surface area contributed by atoms with E-state index in [1.54, 1.807) is 0 Å². The second-order valence-corrected chi connectivity index (χ2v) is 6.12. The van der Waals surface area contributed by atoms with E-state index >= 15 is 0 Å². The zero-order valence-electron chi connectivity index (χ0n) is 13.7. The van der Waals surface area contributed by atoms with E-state index in [-0.39, 0.29) is 12.6 Å². The van der Waals surface area contributed by atoms with Crippen LogP contribution < -0.4 is 4.74 Å². The van der Waals surface area contributed by atoms with E-state index in [1.807, 2.05) is 0 Å². The van der Waals surface area contributed by atoms with Gasteiger partial charge in [-0.25, -0.2) is 0 Å². The van der Waals surface area contributed by atoms with E-state index in [0.29, 0.717) is 0 Å². The molecule has 1 aromatic rings. The van der Waals surface area contributed by atoms with Crippen molar-refractivity contribution < 1.29 is 9.84 Å². The van der Waals surface area contributed by atoms with Gasteiger partial charge in [0.2, 0.25) is 0 Å². The molecule has 1 unspecified atom stereocenters. The Hall–Kier alpha value is -1.06. The lowest BCUT2D eigenvalue weighted by atomic mass is 9.96. The lowest BCUT2D eigenvalue weighted by molar-refractivity contribution is 0.180. The molecule has 1 saturated heterocycles. The number of aliphatic hydroxyl groups excluding tert-OH is 1. The smallest absolute Gasteiger partial charge is 0.126 e. The Balaban J connectivity index is 2.36. The highest BCUT2D eigenvalue weighted by Crippen LogP contribution is 2.37. The van der Waals surface area contributed by atoms with Gasteiger partial charge in [-0.15, -0.1) is 0 Å². The third-order valence-electron chi connectivity index (χ3n) is 4.24. The van der Waals surface area contributed by atoms with Crippen molar-refractivity contribution in [3.05, 3.63) is 28.8 Å². The van der Waals surface area contributed by atoms with E-state index in [0.717, 1.165) is 38.3 Å². The van der Waals surface area contributed by atoms with Crippen molar-refractivity contribution >= 4 is 0 Å². The van der Waals surface area contributed by atoms with Crippen LogP contribution in [0.25, 0.3) is 0 Å². The molecule has 0 aliphatic carbocycles. The molecule has 1 N–H and O–H groups in total. The molecule has 0 aromatic heterocycles. The van der Waals surface area contributed by atoms with Crippen molar-refractivity contribution in [2.24, 2.45) is 0 Å². The molecule has 0 saturated carbocycles. The summed E-state index contributed by atoms with van der Waals surface area (Å²) in [6.07, 6.45) is 4.32. The van der Waals surface area contributed by atoms with E-state index in [4.69, 9.17) is 4.74 Å². The minimum atomic E-state index is 0.224. The number of hydrogen-bond acceptors (Lipinski definition) is 3. The number of nitrogens with zero attached hydrogens (tertiary/aromatic N) is 1. The van der Waals surface area contributed by atoms with Crippen LogP contribution in [0.15, 0.2) is 12.1 Å². The van der Waals surface area contributed by atoms with Gasteiger partial charge in [-0.3, -0.25) is 4.90 Å². The zero-order chi connectivity index (χ0) is 15.2. The number of aliphatic hydroxyl groups is 1. The summed E-state index contributed by atoms with van der Waals surface area (Å²) in [5, 5.41) is 9.50. The highest BCUT2D eigenvalue weighted by atomic mass is 16.5. The largest absolute Gasteiger partial charge is 0.493 e. The van der Waals surface area contributed by atoms with Crippen LogP contribution in [0.1, 0.15) is 55.3 Å². The van der Waals surface area contributed by atoms with E-state index < -0.39 is 0 Å². The monoisotopic (exact) mass is 291 g/mol. The molecule has 1 aromatic carbocycles. The van der Waals surface area contributed by atoms with Crippen molar-refractivity contribution in [2.75, 3.05) is 26.3 Å². The molecule has 3 heteroatoms. The fourth-order valence-corrected chi connectivity index (χ4v) is 3.35. The highest BCUT2D eigenvalue weighted by molar-refractivity contribution is 5.45. The quantitative estimate of drug-likeness (QED) is 0.833. The molecule has 0 bridgehead atoms. The van der Waals surface area contributed by atoms with Gasteiger partial charge in [-0.1, -0.05) is 24.6 Å². The Morgan fingerprint density at radius 3 is 2.57 bits per heavy atom. The molecule has 118 valence electrons. The van der Waals surface area contributed by atoms with Crippen molar-refractivity contribution in [1.29, 1.82) is 0 Å². The van der Waals surface area contributed by atoms with Gasteiger partial charge in [0.15, 0.2) is 0 Å². The molecule has 0 spiro atoms. The van der Waals surface area contributed by atoms with Gasteiger partial charge in [0.25, 0.3) is 0 Å². The Bertz CT molecular complexity index is 453. The summed E-state index contributed by atoms with van der Waals surface area (Å²) < 4.78 is 6.05. The first-order valence-electron chi connectivity index (χ1n) is 8.26. The second kappa shape index (κ2) is 7.81. The van der Waals surface area contributed by atoms with Crippen LogP contribution in [-0.4, -0.2) is 36.3 Å². The van der Waals surface area contributed by atoms with Gasteiger partial charge in [0.05, 0.1) is 6.61 Å². The van der Waals surface area contributed by atoms with Gasteiger partial charge >= 0.3 is 0 Å². The summed E-state index contributed by atoms with van der Waals surface area (Å²) in [5.41, 5.74) is 3.74. The predicted octanol–water partition coefficient (Wildman–Crippen LogP) is 3.61. The first-order chi connectivity index (χ1) is 10.2. The van der Waals surface area contributed by atoms with Crippen LogP contribution in [0, 0.1) is 13.8 Å². The normalized spacial score (nSPS) is 17.1. The predicted molar refractivity (Wildman–Crippen MR) is 87.0 cm³/mol. The average molecular weight is 291 g/mol. The average Bonchev–Trinajstić information content (AvgIpc) is 2.97. The van der Waals surface area contributed by atoms with Crippen LogP contribution in [0.4, 0.5) is 0 Å². The number of aryl methyl sites for hydroxylation is 2. The van der Waals surface area contributed by atoms with Crippen molar-refractivity contribution in [1.82, 2.24) is 4.90 Å². The van der Waals surface area contributed by atoms with E-state index in [9.17, 15) is 5.11 Å². The molecule has 0 radical (unpaired) electrons. The number of hydrogen-bond donors (Lipinski definition) is 1. The molecule has 1 aliphatic rings. The maximum Gasteiger partial charge on any atom is 0.126 e. The maximum atomic E-state index is 9.50. The van der Waals surface area contributed by atoms with Gasteiger partial charge in [-0.2, -0.15) is 0 Å². The van der Waals surface area contributed by atoms with Crippen molar-refractivity contribution in [2.45, 2.75) is 52.5 Å². The molecule has 21 heavy (non-hydrogen) atoms. The molecule has 1 aliphatic heterocycles. The van der Waals surface area contributed by atoms with Crippen molar-refractivity contribution in [3.8, 4) is 5.75 Å². The van der Waals surface area contributed by atoms with Crippen LogP contribution >= 0.6 is 0 Å². The SMILES string of the molecule is CCCOc1c(C)cc(C)cc1C(CCO)N1CCCC1. The van der Waals surface area contributed by atoms with Crippen LogP contribution in [0.3, 0.4) is 0 Å². The molecule has 1 heterocycles. The molecular weight excluding hydrogens is 262 g/mol. The standard InChI is InChI=1S/C18H29NO2/c1-4-11-21-18-15(3)12-14(2)13-16(18)17(7-10-20)19-8-5-6-9-19/h12-13,17,20H,4-11H2,1-3H3. The van der Waals surface area contributed by atoms with Crippen LogP contribution in [0.5, 0.6) is 5.75 Å². The summed E-state index contributed by atoms with van der Waals surface area (Å²) in [4.78, 5) is 2.50. The molecule has 0 amide bonds. The summed E-state index contributed by atoms with van der Waals surface area (Å²) in [7, 11) is 0. The van der Waals surface area contributed by atoms with Crippen LogP contribution in [0.2, 0.25) is 0 Å². The molecule has 2 rings (SSSR count). The zero-order valence-corrected chi connectivity index (χ0v) is 13.7. The topological polar surface area (TPSA) is 32.7 Å². The van der Waals surface area contributed by atoms with Gasteiger partial charge < -0.3 is 9.84 Å². The van der Waals surface area contributed by atoms with Gasteiger partial charge in [0.1, 0.15) is 5.75 Å². The highest BCUT2D eigenvalue weighted by Gasteiger charge is 2.26. The number of likely N-dealkylation sites (tertiary alicyclic amines) is 1. The second-order valence-electron chi connectivity index (χ2n) is 6.12. The lowest BCUT2D eigenvalue weighted by Gasteiger charge is -2.30. The fraction of sp³-hybridized carbons (Fsp3) is 0.667. The Morgan fingerprint density at radius 2 is 1.95 bits per heavy atom. The van der Waals surface area contributed by atoms with Gasteiger partial charge in [-0.05, 0) is 58.2 Å². The minimum Gasteiger partial charge on any atom is -0.493 e. The molecule has 3 nitrogen and oxygen atoms in total. The summed E-state index contributed by atoms with van der Waals surface area (Å²) in [5.74, 6) is 1.04. The number of rotatable bonds is 7. The lowest BCUT2D eigenvalue weighted by Crippen LogP contribution is -2.27. The summed E-state index contributed by atoms with van der Waals surface area (Å²) >= 11 is 0.